The third-order valence-electron chi connectivity index (χ3n) is 5.92. The van der Waals surface area contributed by atoms with Gasteiger partial charge in [-0.15, -0.1) is 0 Å². The van der Waals surface area contributed by atoms with Gasteiger partial charge in [-0.05, 0) is 53.8 Å². The Balaban J connectivity index is 0.000000745. The predicted molar refractivity (Wildman–Crippen MR) is 151 cm³/mol. The van der Waals surface area contributed by atoms with Gasteiger partial charge < -0.3 is 15.1 Å². The molecule has 41 heavy (non-hydrogen) atoms. The fourth-order valence-corrected chi connectivity index (χ4v) is 4.78. The van der Waals surface area contributed by atoms with Gasteiger partial charge in [-0.2, -0.15) is 13.2 Å². The summed E-state index contributed by atoms with van der Waals surface area (Å²) in [6, 6.07) is 21.3. The molecule has 0 amide bonds. The van der Waals surface area contributed by atoms with E-state index in [2.05, 4.69) is 11.6 Å². The molecule has 0 atom stereocenters. The topological polar surface area (TPSA) is 124 Å². The lowest BCUT2D eigenvalue weighted by Crippen LogP contribution is -2.26. The van der Waals surface area contributed by atoms with Crippen molar-refractivity contribution in [2.45, 2.75) is 57.1 Å². The fourth-order valence-electron chi connectivity index (χ4n) is 3.73. The lowest BCUT2D eigenvalue weighted by molar-refractivity contribution is -0.192. The number of aliphatic carboxylic acids is 1. The molecule has 0 aliphatic rings. The molecule has 0 bridgehead atoms. The number of benzene rings is 3. The minimum Gasteiger partial charge on any atom is -0.478 e. The summed E-state index contributed by atoms with van der Waals surface area (Å²) in [5.41, 5.74) is 2.95. The highest BCUT2D eigenvalue weighted by Crippen LogP contribution is 2.28. The quantitative estimate of drug-likeness (QED) is 0.224. The van der Waals surface area contributed by atoms with E-state index < -0.39 is 28.1 Å². The van der Waals surface area contributed by atoms with Crippen LogP contribution < -0.4 is 9.62 Å². The molecule has 0 fully saturated rings. The molecule has 0 unspecified atom stereocenters. The number of halogens is 3. The smallest absolute Gasteiger partial charge is 0.478 e. The van der Waals surface area contributed by atoms with Crippen molar-refractivity contribution in [1.29, 1.82) is 0 Å². The van der Waals surface area contributed by atoms with E-state index in [-0.39, 0.29) is 16.1 Å². The maximum atomic E-state index is 12.9. The average Bonchev–Trinajstić information content (AvgIpc) is 2.91. The third-order valence-corrected chi connectivity index (χ3v) is 7.31. The number of anilines is 2. The molecule has 0 aromatic heterocycles. The first-order valence-corrected chi connectivity index (χ1v) is 14.2. The molecule has 0 radical (unpaired) electrons. The summed E-state index contributed by atoms with van der Waals surface area (Å²) < 4.78 is 60.1. The van der Waals surface area contributed by atoms with Gasteiger partial charge in [0.2, 0.25) is 0 Å². The number of carbonyl (C=O) groups is 2. The van der Waals surface area contributed by atoms with Gasteiger partial charge >= 0.3 is 18.1 Å². The van der Waals surface area contributed by atoms with E-state index in [1.54, 1.807) is 36.4 Å². The lowest BCUT2D eigenvalue weighted by atomic mass is 10.0. The van der Waals surface area contributed by atoms with E-state index >= 15 is 0 Å². The second-order valence-electron chi connectivity index (χ2n) is 9.43. The molecule has 222 valence electrons. The maximum absolute atomic E-state index is 12.9. The van der Waals surface area contributed by atoms with Crippen LogP contribution in [-0.2, 0) is 21.4 Å². The minimum atomic E-state index is -5.08. The van der Waals surface area contributed by atoms with Crippen LogP contribution in [0.2, 0.25) is 0 Å². The zero-order valence-electron chi connectivity index (χ0n) is 22.9. The van der Waals surface area contributed by atoms with Crippen molar-refractivity contribution in [3.63, 3.8) is 0 Å². The number of unbranched alkanes of at least 4 members (excludes halogenated alkanes) is 1. The van der Waals surface area contributed by atoms with Crippen LogP contribution in [0.1, 0.15) is 61.0 Å². The molecular weight excluding hydrogens is 561 g/mol. The molecule has 0 aliphatic carbocycles. The van der Waals surface area contributed by atoms with Crippen molar-refractivity contribution in [2.75, 3.05) is 16.2 Å². The molecule has 0 aliphatic heterocycles. The molecular formula is C29H33F3N2O6S. The van der Waals surface area contributed by atoms with Gasteiger partial charge in [0.25, 0.3) is 10.0 Å². The van der Waals surface area contributed by atoms with Crippen molar-refractivity contribution in [3.8, 4) is 0 Å². The van der Waals surface area contributed by atoms with Crippen LogP contribution in [0.5, 0.6) is 0 Å². The van der Waals surface area contributed by atoms with Crippen LogP contribution in [0, 0.1) is 0 Å². The lowest BCUT2D eigenvalue weighted by Gasteiger charge is -2.27. The minimum absolute atomic E-state index is 0.0578. The van der Waals surface area contributed by atoms with Crippen molar-refractivity contribution in [3.05, 3.63) is 89.5 Å². The summed E-state index contributed by atoms with van der Waals surface area (Å²) in [6.45, 7) is 7.42. The Labute approximate surface area is 237 Å². The molecule has 3 rings (SSSR count). The Hall–Kier alpha value is -4.06. The van der Waals surface area contributed by atoms with Crippen LogP contribution in [0.3, 0.4) is 0 Å². The molecule has 0 saturated heterocycles. The number of sulfonamides is 1. The molecule has 0 saturated carbocycles. The van der Waals surface area contributed by atoms with Crippen molar-refractivity contribution >= 4 is 33.3 Å². The molecule has 0 heterocycles. The monoisotopic (exact) mass is 594 g/mol. The number of aromatic carboxylic acids is 1. The first kappa shape index (κ1) is 33.1. The fraction of sp³-hybridized carbons (Fsp3) is 0.310. The van der Waals surface area contributed by atoms with E-state index in [1.165, 1.54) is 6.07 Å². The van der Waals surface area contributed by atoms with Crippen molar-refractivity contribution in [1.82, 2.24) is 0 Å². The standard InChI is InChI=1S/C27H32N2O4S.C2HF3O2/c1-4-5-17-29(19-21-9-7-6-8-10-21)26-16-13-23(18-25(26)27(30)31)28-34(32,33)24-14-11-22(12-15-24)20(2)3;3-2(4,5)1(6)7/h6-16,18,20,28H,4-5,17,19H2,1-3H3,(H,30,31);(H,6,7). The van der Waals surface area contributed by atoms with E-state index in [1.807, 2.05) is 49.1 Å². The van der Waals surface area contributed by atoms with Crippen molar-refractivity contribution < 1.29 is 41.4 Å². The van der Waals surface area contributed by atoms with E-state index in [0.29, 0.717) is 24.7 Å². The summed E-state index contributed by atoms with van der Waals surface area (Å²) in [5.74, 6) is -3.57. The first-order valence-electron chi connectivity index (χ1n) is 12.7. The zero-order valence-corrected chi connectivity index (χ0v) is 23.7. The number of carboxylic acid groups (broad SMARTS) is 2. The van der Waals surface area contributed by atoms with Crippen LogP contribution in [0.25, 0.3) is 0 Å². The van der Waals surface area contributed by atoms with E-state index in [4.69, 9.17) is 9.90 Å². The number of carboxylic acids is 2. The largest absolute Gasteiger partial charge is 0.490 e. The Morgan fingerprint density at radius 2 is 1.54 bits per heavy atom. The highest BCUT2D eigenvalue weighted by Gasteiger charge is 2.38. The van der Waals surface area contributed by atoms with Crippen LogP contribution in [0.4, 0.5) is 24.5 Å². The number of nitrogens with zero attached hydrogens (tertiary/aromatic N) is 1. The summed E-state index contributed by atoms with van der Waals surface area (Å²) >= 11 is 0. The first-order chi connectivity index (χ1) is 19.2. The number of rotatable bonds is 11. The van der Waals surface area contributed by atoms with E-state index in [9.17, 15) is 31.5 Å². The Morgan fingerprint density at radius 1 is 0.951 bits per heavy atom. The van der Waals surface area contributed by atoms with Gasteiger partial charge in [0.15, 0.2) is 0 Å². The highest BCUT2D eigenvalue weighted by atomic mass is 32.2. The van der Waals surface area contributed by atoms with Crippen LogP contribution in [-0.4, -0.2) is 43.3 Å². The summed E-state index contributed by atoms with van der Waals surface area (Å²) in [6.07, 6.45) is -3.20. The molecule has 0 spiro atoms. The Kier molecular flexibility index (Phi) is 11.8. The second-order valence-corrected chi connectivity index (χ2v) is 11.1. The van der Waals surface area contributed by atoms with Gasteiger partial charge in [0, 0.05) is 18.8 Å². The third kappa shape index (κ3) is 10.1. The zero-order chi connectivity index (χ0) is 30.8. The van der Waals surface area contributed by atoms with Gasteiger partial charge in [-0.1, -0.05) is 69.7 Å². The SMILES string of the molecule is CCCCN(Cc1ccccc1)c1ccc(NS(=O)(=O)c2ccc(C(C)C)cc2)cc1C(=O)O.O=C(O)C(F)(F)F. The average molecular weight is 595 g/mol. The molecule has 12 heteroatoms. The van der Waals surface area contributed by atoms with E-state index in [0.717, 1.165) is 24.0 Å². The Bertz CT molecular complexity index is 1410. The second kappa shape index (κ2) is 14.5. The number of hydrogen-bond acceptors (Lipinski definition) is 5. The summed E-state index contributed by atoms with van der Waals surface area (Å²) in [4.78, 5) is 23.2. The number of nitrogens with one attached hydrogen (secondary N) is 1. The number of alkyl halides is 3. The Morgan fingerprint density at radius 3 is 2.02 bits per heavy atom. The van der Waals surface area contributed by atoms with Crippen molar-refractivity contribution in [2.24, 2.45) is 0 Å². The highest BCUT2D eigenvalue weighted by molar-refractivity contribution is 7.92. The maximum Gasteiger partial charge on any atom is 0.490 e. The van der Waals surface area contributed by atoms with Crippen LogP contribution in [0.15, 0.2) is 77.7 Å². The molecule has 3 aromatic rings. The summed E-state index contributed by atoms with van der Waals surface area (Å²) in [5, 5.41) is 17.0. The summed E-state index contributed by atoms with van der Waals surface area (Å²) in [7, 11) is -3.85. The van der Waals surface area contributed by atoms with Gasteiger partial charge in [-0.25, -0.2) is 18.0 Å². The van der Waals surface area contributed by atoms with Gasteiger partial charge in [0.1, 0.15) is 0 Å². The van der Waals surface area contributed by atoms with Gasteiger partial charge in [0.05, 0.1) is 16.1 Å². The van der Waals surface area contributed by atoms with Crippen LogP contribution >= 0.6 is 0 Å². The predicted octanol–water partition coefficient (Wildman–Crippen LogP) is 6.75. The normalized spacial score (nSPS) is 11.4. The molecule has 3 N–H and O–H groups in total. The molecule has 8 nitrogen and oxygen atoms in total. The molecule has 3 aromatic carbocycles. The van der Waals surface area contributed by atoms with Gasteiger partial charge in [-0.3, -0.25) is 4.72 Å². The number of hydrogen-bond donors (Lipinski definition) is 3.